The van der Waals surface area contributed by atoms with Gasteiger partial charge in [0.05, 0.1) is 0 Å². The zero-order chi connectivity index (χ0) is 18.7. The van der Waals surface area contributed by atoms with Gasteiger partial charge in [0.2, 0.25) is 5.91 Å². The molecule has 1 aliphatic rings. The fourth-order valence-corrected chi connectivity index (χ4v) is 3.23. The molecule has 1 atom stereocenters. The minimum Gasteiger partial charge on any atom is -0.326 e. The van der Waals surface area contributed by atoms with E-state index in [1.165, 1.54) is 5.56 Å². The molecule has 1 fully saturated rings. The van der Waals surface area contributed by atoms with Gasteiger partial charge in [0.15, 0.2) is 0 Å². The van der Waals surface area contributed by atoms with Gasteiger partial charge in [-0.25, -0.2) is 4.79 Å². The van der Waals surface area contributed by atoms with E-state index in [1.54, 1.807) is 4.90 Å². The molecule has 5 nitrogen and oxygen atoms in total. The van der Waals surface area contributed by atoms with Crippen LogP contribution < -0.4 is 15.5 Å². The number of nitrogens with zero attached hydrogens (tertiary/aromatic N) is 1. The number of hydrogen-bond acceptors (Lipinski definition) is 2. The van der Waals surface area contributed by atoms with E-state index in [-0.39, 0.29) is 11.9 Å². The monoisotopic (exact) mass is 351 g/mol. The molecule has 0 saturated carbocycles. The summed E-state index contributed by atoms with van der Waals surface area (Å²) in [6.07, 6.45) is 1.44. The molecule has 2 aromatic carbocycles. The molecule has 0 unspecified atom stereocenters. The molecule has 3 rings (SSSR count). The molecule has 0 aliphatic carbocycles. The minimum atomic E-state index is -0.495. The number of aryl methyl sites for hydroxylation is 3. The Bertz CT molecular complexity index is 832. The molecule has 5 heteroatoms. The molecule has 0 spiro atoms. The first-order valence-corrected chi connectivity index (χ1v) is 9.03. The molecule has 1 heterocycles. The van der Waals surface area contributed by atoms with Gasteiger partial charge in [0.25, 0.3) is 0 Å². The van der Waals surface area contributed by atoms with Crippen LogP contribution in [-0.4, -0.2) is 24.5 Å². The van der Waals surface area contributed by atoms with E-state index in [1.807, 2.05) is 63.2 Å². The number of rotatable bonds is 4. The van der Waals surface area contributed by atoms with E-state index in [0.29, 0.717) is 13.0 Å². The Hall–Kier alpha value is -2.82. The van der Waals surface area contributed by atoms with Crippen LogP contribution in [0.1, 0.15) is 30.0 Å². The van der Waals surface area contributed by atoms with Gasteiger partial charge in [-0.05, 0) is 61.6 Å². The summed E-state index contributed by atoms with van der Waals surface area (Å²) >= 11 is 0. The maximum atomic E-state index is 12.7. The number of hydrogen-bond donors (Lipinski definition) is 2. The lowest BCUT2D eigenvalue weighted by Crippen LogP contribution is -2.43. The van der Waals surface area contributed by atoms with Crippen LogP contribution >= 0.6 is 0 Å². The van der Waals surface area contributed by atoms with Crippen molar-refractivity contribution in [1.82, 2.24) is 5.32 Å². The fraction of sp³-hybridized carbons (Fsp3) is 0.333. The minimum absolute atomic E-state index is 0.0628. The van der Waals surface area contributed by atoms with Crippen LogP contribution in [0, 0.1) is 13.8 Å². The Kier molecular flexibility index (Phi) is 5.26. The van der Waals surface area contributed by atoms with Crippen molar-refractivity contribution in [3.05, 3.63) is 59.2 Å². The number of benzene rings is 2. The third kappa shape index (κ3) is 3.72. The smallest absolute Gasteiger partial charge is 0.319 e. The van der Waals surface area contributed by atoms with Gasteiger partial charge in [-0.3, -0.25) is 4.79 Å². The zero-order valence-corrected chi connectivity index (χ0v) is 15.5. The van der Waals surface area contributed by atoms with Crippen molar-refractivity contribution in [1.29, 1.82) is 0 Å². The number of carbonyl (C=O) groups is 2. The van der Waals surface area contributed by atoms with Gasteiger partial charge in [-0.2, -0.15) is 0 Å². The van der Waals surface area contributed by atoms with Gasteiger partial charge in [-0.1, -0.05) is 31.2 Å². The third-order valence-corrected chi connectivity index (χ3v) is 4.96. The standard InChI is InChI=1S/C21H25N3O2/c1-4-16-7-5-6-8-18(16)22-21(26)23-19-11-12-24(20(19)25)17-10-9-14(2)15(3)13-17/h5-10,13,19H,4,11-12H2,1-3H3,(H2,22,23,26)/t19-/m0/s1. The Labute approximate surface area is 154 Å². The molecule has 1 aliphatic heterocycles. The first kappa shape index (κ1) is 18.0. The SMILES string of the molecule is CCc1ccccc1NC(=O)N[C@H]1CCN(c2ccc(C)c(C)c2)C1=O. The van der Waals surface area contributed by atoms with Crippen molar-refractivity contribution in [3.63, 3.8) is 0 Å². The molecular weight excluding hydrogens is 326 g/mol. The molecule has 136 valence electrons. The lowest BCUT2D eigenvalue weighted by Gasteiger charge is -2.19. The number of para-hydroxylation sites is 1. The lowest BCUT2D eigenvalue weighted by molar-refractivity contribution is -0.118. The van der Waals surface area contributed by atoms with Crippen LogP contribution in [0.4, 0.5) is 16.2 Å². The summed E-state index contributed by atoms with van der Waals surface area (Å²) in [5.41, 5.74) is 5.09. The van der Waals surface area contributed by atoms with Crippen LogP contribution in [0.3, 0.4) is 0 Å². The highest BCUT2D eigenvalue weighted by atomic mass is 16.2. The van der Waals surface area contributed by atoms with Crippen LogP contribution in [0.2, 0.25) is 0 Å². The Morgan fingerprint density at radius 1 is 1.15 bits per heavy atom. The maximum absolute atomic E-state index is 12.7. The largest absolute Gasteiger partial charge is 0.326 e. The molecule has 2 aromatic rings. The van der Waals surface area contributed by atoms with Gasteiger partial charge >= 0.3 is 6.03 Å². The van der Waals surface area contributed by atoms with Crippen LogP contribution in [0.25, 0.3) is 0 Å². The first-order valence-electron chi connectivity index (χ1n) is 9.03. The Balaban J connectivity index is 1.65. The average molecular weight is 351 g/mol. The van der Waals surface area contributed by atoms with Gasteiger partial charge in [0, 0.05) is 17.9 Å². The van der Waals surface area contributed by atoms with Crippen LogP contribution in [-0.2, 0) is 11.2 Å². The van der Waals surface area contributed by atoms with E-state index >= 15 is 0 Å². The fourth-order valence-electron chi connectivity index (χ4n) is 3.23. The molecule has 0 aromatic heterocycles. The quantitative estimate of drug-likeness (QED) is 0.880. The van der Waals surface area contributed by atoms with Crippen molar-refractivity contribution in [3.8, 4) is 0 Å². The molecule has 26 heavy (non-hydrogen) atoms. The first-order chi connectivity index (χ1) is 12.5. The van der Waals surface area contributed by atoms with Crippen molar-refractivity contribution in [2.75, 3.05) is 16.8 Å². The molecular formula is C21H25N3O2. The van der Waals surface area contributed by atoms with E-state index in [2.05, 4.69) is 10.6 Å². The number of nitrogens with one attached hydrogen (secondary N) is 2. The topological polar surface area (TPSA) is 61.4 Å². The summed E-state index contributed by atoms with van der Waals surface area (Å²) in [5, 5.41) is 5.67. The van der Waals surface area contributed by atoms with Crippen molar-refractivity contribution in [2.24, 2.45) is 0 Å². The molecule has 2 N–H and O–H groups in total. The summed E-state index contributed by atoms with van der Waals surface area (Å²) in [7, 11) is 0. The highest BCUT2D eigenvalue weighted by Crippen LogP contribution is 2.24. The van der Waals surface area contributed by atoms with E-state index < -0.39 is 6.04 Å². The summed E-state index contributed by atoms with van der Waals surface area (Å²) in [6.45, 7) is 6.74. The highest BCUT2D eigenvalue weighted by Gasteiger charge is 2.33. The number of anilines is 2. The third-order valence-electron chi connectivity index (χ3n) is 4.96. The molecule has 3 amide bonds. The second kappa shape index (κ2) is 7.60. The van der Waals surface area contributed by atoms with Crippen LogP contribution in [0.5, 0.6) is 0 Å². The summed E-state index contributed by atoms with van der Waals surface area (Å²) in [4.78, 5) is 26.8. The summed E-state index contributed by atoms with van der Waals surface area (Å²) in [6, 6.07) is 12.9. The normalized spacial score (nSPS) is 16.7. The second-order valence-electron chi connectivity index (χ2n) is 6.71. The van der Waals surface area contributed by atoms with E-state index in [9.17, 15) is 9.59 Å². The van der Waals surface area contributed by atoms with Gasteiger partial charge < -0.3 is 15.5 Å². The van der Waals surface area contributed by atoms with Gasteiger partial charge in [0.1, 0.15) is 6.04 Å². The maximum Gasteiger partial charge on any atom is 0.319 e. The van der Waals surface area contributed by atoms with Crippen molar-refractivity contribution >= 4 is 23.3 Å². The van der Waals surface area contributed by atoms with E-state index in [4.69, 9.17) is 0 Å². The van der Waals surface area contributed by atoms with Crippen molar-refractivity contribution < 1.29 is 9.59 Å². The van der Waals surface area contributed by atoms with E-state index in [0.717, 1.165) is 28.9 Å². The predicted molar refractivity (Wildman–Crippen MR) is 105 cm³/mol. The number of urea groups is 1. The average Bonchev–Trinajstić information content (AvgIpc) is 2.98. The molecule has 1 saturated heterocycles. The number of carbonyl (C=O) groups excluding carboxylic acids is 2. The second-order valence-corrected chi connectivity index (χ2v) is 6.71. The lowest BCUT2D eigenvalue weighted by atomic mass is 10.1. The predicted octanol–water partition coefficient (Wildman–Crippen LogP) is 3.79. The highest BCUT2D eigenvalue weighted by molar-refractivity contribution is 6.02. The Morgan fingerprint density at radius 3 is 2.65 bits per heavy atom. The molecule has 0 bridgehead atoms. The Morgan fingerprint density at radius 2 is 1.92 bits per heavy atom. The van der Waals surface area contributed by atoms with Crippen LogP contribution in [0.15, 0.2) is 42.5 Å². The van der Waals surface area contributed by atoms with Gasteiger partial charge in [-0.15, -0.1) is 0 Å². The number of amides is 3. The summed E-state index contributed by atoms with van der Waals surface area (Å²) < 4.78 is 0. The molecule has 0 radical (unpaired) electrons. The van der Waals surface area contributed by atoms with Crippen molar-refractivity contribution in [2.45, 2.75) is 39.7 Å². The zero-order valence-electron chi connectivity index (χ0n) is 15.5. The summed E-state index contributed by atoms with van der Waals surface area (Å²) in [5.74, 6) is -0.0628.